The summed E-state index contributed by atoms with van der Waals surface area (Å²) in [4.78, 5) is 52.0. The summed E-state index contributed by atoms with van der Waals surface area (Å²) in [6.45, 7) is 3.66. The van der Waals surface area contributed by atoms with Gasteiger partial charge in [0.15, 0.2) is 6.10 Å². The SMILES string of the molecule is CCC(OC(=O)c1c(-c2ccc(C)cc2)c2ccccc2c(=O)n1C)C(=O)Nc1ccccc1C(=O)OC. The molecule has 4 rings (SSSR count). The third-order valence-electron chi connectivity index (χ3n) is 6.34. The first-order valence-corrected chi connectivity index (χ1v) is 12.1. The third kappa shape index (κ3) is 5.06. The lowest BCUT2D eigenvalue weighted by atomic mass is 9.96. The quantitative estimate of drug-likeness (QED) is 0.354. The van der Waals surface area contributed by atoms with Gasteiger partial charge in [-0.1, -0.05) is 67.1 Å². The summed E-state index contributed by atoms with van der Waals surface area (Å²) in [5, 5.41) is 3.73. The molecule has 8 nitrogen and oxygen atoms in total. The molecule has 1 amide bonds. The van der Waals surface area contributed by atoms with Crippen LogP contribution in [0.25, 0.3) is 21.9 Å². The van der Waals surface area contributed by atoms with Crippen LogP contribution in [0.2, 0.25) is 0 Å². The number of esters is 2. The maximum Gasteiger partial charge on any atom is 0.356 e. The Kier molecular flexibility index (Phi) is 7.71. The molecule has 1 atom stereocenters. The van der Waals surface area contributed by atoms with Gasteiger partial charge in [-0.15, -0.1) is 0 Å². The molecule has 1 unspecified atom stereocenters. The van der Waals surface area contributed by atoms with E-state index in [0.717, 1.165) is 11.1 Å². The van der Waals surface area contributed by atoms with Gasteiger partial charge in [0.1, 0.15) is 5.69 Å². The first-order valence-electron chi connectivity index (χ1n) is 12.1. The molecule has 1 heterocycles. The molecule has 0 radical (unpaired) electrons. The van der Waals surface area contributed by atoms with Gasteiger partial charge in [0.25, 0.3) is 11.5 Å². The van der Waals surface area contributed by atoms with Crippen molar-refractivity contribution in [3.05, 3.63) is 100.0 Å². The van der Waals surface area contributed by atoms with Gasteiger partial charge in [0.05, 0.1) is 18.4 Å². The van der Waals surface area contributed by atoms with Gasteiger partial charge in [0, 0.05) is 18.0 Å². The standard InChI is InChI=1S/C30H28N2O6/c1-5-24(27(33)31-23-13-9-8-12-22(23)29(35)37-4)38-30(36)26-25(19-16-14-18(2)15-17-19)20-10-6-7-11-21(20)28(34)32(26)3/h6-17,24H,5H2,1-4H3,(H,31,33). The predicted molar refractivity (Wildman–Crippen MR) is 145 cm³/mol. The number of pyridine rings is 1. The fraction of sp³-hybridized carbons (Fsp3) is 0.200. The first-order chi connectivity index (χ1) is 18.3. The molecule has 0 aliphatic heterocycles. The van der Waals surface area contributed by atoms with E-state index in [1.54, 1.807) is 49.4 Å². The molecular formula is C30H28N2O6. The number of ether oxygens (including phenoxy) is 2. The van der Waals surface area contributed by atoms with Crippen LogP contribution < -0.4 is 10.9 Å². The van der Waals surface area contributed by atoms with Gasteiger partial charge in [-0.05, 0) is 42.5 Å². The molecule has 0 saturated carbocycles. The molecule has 38 heavy (non-hydrogen) atoms. The van der Waals surface area contributed by atoms with Gasteiger partial charge < -0.3 is 19.4 Å². The highest BCUT2D eigenvalue weighted by Crippen LogP contribution is 2.31. The lowest BCUT2D eigenvalue weighted by molar-refractivity contribution is -0.124. The number of nitrogens with zero attached hydrogens (tertiary/aromatic N) is 1. The molecule has 0 saturated heterocycles. The van der Waals surface area contributed by atoms with Crippen molar-refractivity contribution in [2.75, 3.05) is 12.4 Å². The van der Waals surface area contributed by atoms with Crippen molar-refractivity contribution in [2.45, 2.75) is 26.4 Å². The van der Waals surface area contributed by atoms with Gasteiger partial charge in [-0.25, -0.2) is 9.59 Å². The second kappa shape index (κ2) is 11.1. The minimum atomic E-state index is -1.18. The molecule has 0 spiro atoms. The Labute approximate surface area is 219 Å². The van der Waals surface area contributed by atoms with Crippen LogP contribution in [0.4, 0.5) is 5.69 Å². The first kappa shape index (κ1) is 26.3. The summed E-state index contributed by atoms with van der Waals surface area (Å²) in [5.41, 5.74) is 2.41. The van der Waals surface area contributed by atoms with E-state index in [1.165, 1.54) is 24.8 Å². The van der Waals surface area contributed by atoms with Gasteiger partial charge in [-0.2, -0.15) is 0 Å². The van der Waals surface area contributed by atoms with Crippen LogP contribution in [-0.4, -0.2) is 35.6 Å². The number of methoxy groups -OCH3 is 1. The second-order valence-corrected chi connectivity index (χ2v) is 8.83. The fourth-order valence-corrected chi connectivity index (χ4v) is 4.32. The highest BCUT2D eigenvalue weighted by Gasteiger charge is 2.28. The molecule has 4 aromatic rings. The van der Waals surface area contributed by atoms with E-state index in [9.17, 15) is 19.2 Å². The summed E-state index contributed by atoms with van der Waals surface area (Å²) < 4.78 is 11.7. The van der Waals surface area contributed by atoms with Gasteiger partial charge >= 0.3 is 11.9 Å². The second-order valence-electron chi connectivity index (χ2n) is 8.83. The third-order valence-corrected chi connectivity index (χ3v) is 6.34. The Morgan fingerprint density at radius 1 is 0.895 bits per heavy atom. The Morgan fingerprint density at radius 3 is 2.18 bits per heavy atom. The van der Waals surface area contributed by atoms with Crippen molar-refractivity contribution in [3.63, 3.8) is 0 Å². The molecule has 0 aliphatic carbocycles. The Morgan fingerprint density at radius 2 is 1.53 bits per heavy atom. The maximum atomic E-state index is 13.6. The van der Waals surface area contributed by atoms with Crippen molar-refractivity contribution < 1.29 is 23.9 Å². The molecule has 0 aliphatic rings. The summed E-state index contributed by atoms with van der Waals surface area (Å²) >= 11 is 0. The van der Waals surface area contributed by atoms with Gasteiger partial charge in [-0.3, -0.25) is 9.59 Å². The van der Waals surface area contributed by atoms with E-state index in [1.807, 2.05) is 31.2 Å². The topological polar surface area (TPSA) is 104 Å². The monoisotopic (exact) mass is 512 g/mol. The summed E-state index contributed by atoms with van der Waals surface area (Å²) in [6, 6.07) is 21.1. The highest BCUT2D eigenvalue weighted by molar-refractivity contribution is 6.08. The van der Waals surface area contributed by atoms with Crippen LogP contribution in [0.1, 0.15) is 39.8 Å². The smallest absolute Gasteiger partial charge is 0.356 e. The number of hydrogen-bond donors (Lipinski definition) is 1. The molecule has 0 bridgehead atoms. The van der Waals surface area contributed by atoms with Crippen LogP contribution in [0.5, 0.6) is 0 Å². The lowest BCUT2D eigenvalue weighted by Gasteiger charge is -2.20. The molecule has 3 aromatic carbocycles. The van der Waals surface area contributed by atoms with Crippen molar-refractivity contribution in [1.29, 1.82) is 0 Å². The summed E-state index contributed by atoms with van der Waals surface area (Å²) in [6.07, 6.45) is -1.01. The maximum absolute atomic E-state index is 13.6. The molecule has 1 aromatic heterocycles. The zero-order valence-electron chi connectivity index (χ0n) is 21.6. The average Bonchev–Trinajstić information content (AvgIpc) is 2.93. The number of fused-ring (bicyclic) bond motifs is 1. The number of benzene rings is 3. The van der Waals surface area contributed by atoms with Crippen molar-refractivity contribution in [2.24, 2.45) is 7.05 Å². The van der Waals surface area contributed by atoms with Gasteiger partial charge in [0.2, 0.25) is 0 Å². The number of amides is 1. The largest absolute Gasteiger partial charge is 0.465 e. The van der Waals surface area contributed by atoms with Crippen molar-refractivity contribution in [1.82, 2.24) is 4.57 Å². The minimum absolute atomic E-state index is 0.0405. The van der Waals surface area contributed by atoms with Crippen LogP contribution in [0, 0.1) is 6.92 Å². The number of para-hydroxylation sites is 1. The normalized spacial score (nSPS) is 11.6. The summed E-state index contributed by atoms with van der Waals surface area (Å²) in [7, 11) is 2.76. The number of aryl methyl sites for hydroxylation is 1. The molecular weight excluding hydrogens is 484 g/mol. The number of aromatic nitrogens is 1. The van der Waals surface area contributed by atoms with Crippen molar-refractivity contribution in [3.8, 4) is 11.1 Å². The highest BCUT2D eigenvalue weighted by atomic mass is 16.5. The van der Waals surface area contributed by atoms with E-state index in [-0.39, 0.29) is 28.9 Å². The van der Waals surface area contributed by atoms with E-state index >= 15 is 0 Å². The zero-order valence-corrected chi connectivity index (χ0v) is 21.6. The minimum Gasteiger partial charge on any atom is -0.465 e. The number of anilines is 1. The van der Waals surface area contributed by atoms with Crippen molar-refractivity contribution >= 4 is 34.3 Å². The molecule has 8 heteroatoms. The summed E-state index contributed by atoms with van der Waals surface area (Å²) in [5.74, 6) is -2.03. The van der Waals surface area contributed by atoms with E-state index in [0.29, 0.717) is 16.3 Å². The van der Waals surface area contributed by atoms with Crippen LogP contribution in [0.15, 0.2) is 77.6 Å². The number of hydrogen-bond acceptors (Lipinski definition) is 6. The van der Waals surface area contributed by atoms with Crippen LogP contribution in [-0.2, 0) is 21.3 Å². The zero-order chi connectivity index (χ0) is 27.4. The Balaban J connectivity index is 1.74. The number of nitrogens with one attached hydrogen (secondary N) is 1. The lowest BCUT2D eigenvalue weighted by Crippen LogP contribution is -2.34. The average molecular weight is 513 g/mol. The number of rotatable bonds is 7. The van der Waals surface area contributed by atoms with E-state index < -0.39 is 23.9 Å². The van der Waals surface area contributed by atoms with E-state index in [2.05, 4.69) is 5.32 Å². The Bertz CT molecular complexity index is 1590. The van der Waals surface area contributed by atoms with Crippen LogP contribution in [0.3, 0.4) is 0 Å². The molecule has 0 fully saturated rings. The predicted octanol–water partition coefficient (Wildman–Crippen LogP) is 4.87. The number of carbonyl (C=O) groups is 3. The van der Waals surface area contributed by atoms with E-state index in [4.69, 9.17) is 9.47 Å². The molecule has 194 valence electrons. The molecule has 1 N–H and O–H groups in total. The Hall–Kier alpha value is -4.72. The fourth-order valence-electron chi connectivity index (χ4n) is 4.32. The van der Waals surface area contributed by atoms with Crippen LogP contribution >= 0.6 is 0 Å². The number of carbonyl (C=O) groups excluding carboxylic acids is 3.